The molecule has 122 valence electrons. The van der Waals surface area contributed by atoms with Gasteiger partial charge in [0.2, 0.25) is 0 Å². The van der Waals surface area contributed by atoms with Gasteiger partial charge < -0.3 is 15.7 Å². The fourth-order valence-electron chi connectivity index (χ4n) is 2.04. The van der Waals surface area contributed by atoms with E-state index in [4.69, 9.17) is 0 Å². The van der Waals surface area contributed by atoms with Crippen molar-refractivity contribution in [3.8, 4) is 0 Å². The molecule has 1 aromatic heterocycles. The Bertz CT molecular complexity index is 714. The fourth-order valence-corrected chi connectivity index (χ4v) is 2.82. The lowest BCUT2D eigenvalue weighted by molar-refractivity contribution is -0.385. The SMILES string of the molecule is Cc1cc(NC(=O)NC[C@](C)(O)c2cccs2)ccc1[N+](=O)[O-]. The van der Waals surface area contributed by atoms with E-state index in [0.717, 1.165) is 4.88 Å². The zero-order valence-corrected chi connectivity index (χ0v) is 13.5. The number of hydrogen-bond acceptors (Lipinski definition) is 5. The van der Waals surface area contributed by atoms with Gasteiger partial charge in [-0.05, 0) is 37.4 Å². The van der Waals surface area contributed by atoms with Crippen molar-refractivity contribution in [2.24, 2.45) is 0 Å². The molecule has 0 aliphatic rings. The third-order valence-corrected chi connectivity index (χ3v) is 4.42. The molecular weight excluding hydrogens is 318 g/mol. The summed E-state index contributed by atoms with van der Waals surface area (Å²) < 4.78 is 0. The average molecular weight is 335 g/mol. The standard InChI is InChI=1S/C15H17N3O4S/c1-10-8-11(5-6-12(10)18(21)22)17-14(19)16-9-15(2,20)13-4-3-7-23-13/h3-8,20H,9H2,1-2H3,(H2,16,17,19)/t15-/m0/s1. The number of nitrogens with zero attached hydrogens (tertiary/aromatic N) is 1. The topological polar surface area (TPSA) is 104 Å². The van der Waals surface area contributed by atoms with E-state index >= 15 is 0 Å². The number of carbonyl (C=O) groups is 1. The highest BCUT2D eigenvalue weighted by molar-refractivity contribution is 7.10. The van der Waals surface area contributed by atoms with Crippen molar-refractivity contribution < 1.29 is 14.8 Å². The van der Waals surface area contributed by atoms with E-state index in [0.29, 0.717) is 11.3 Å². The van der Waals surface area contributed by atoms with Gasteiger partial charge in [0.05, 0.1) is 11.5 Å². The van der Waals surface area contributed by atoms with Crippen molar-refractivity contribution in [1.29, 1.82) is 0 Å². The molecule has 0 saturated carbocycles. The third-order valence-electron chi connectivity index (χ3n) is 3.30. The number of amides is 2. The molecule has 0 aliphatic carbocycles. The summed E-state index contributed by atoms with van der Waals surface area (Å²) in [6, 6.07) is 7.46. The maximum Gasteiger partial charge on any atom is 0.319 e. The number of aliphatic hydroxyl groups is 1. The molecule has 2 aromatic rings. The highest BCUT2D eigenvalue weighted by atomic mass is 32.1. The maximum atomic E-state index is 11.9. The molecule has 2 rings (SSSR count). The predicted molar refractivity (Wildman–Crippen MR) is 88.7 cm³/mol. The Morgan fingerprint density at radius 2 is 2.17 bits per heavy atom. The molecule has 0 spiro atoms. The second-order valence-corrected chi connectivity index (χ2v) is 6.26. The molecule has 3 N–H and O–H groups in total. The van der Waals surface area contributed by atoms with E-state index in [1.54, 1.807) is 19.9 Å². The minimum atomic E-state index is -1.16. The predicted octanol–water partition coefficient (Wildman–Crippen LogP) is 2.99. The quantitative estimate of drug-likeness (QED) is 0.577. The summed E-state index contributed by atoms with van der Waals surface area (Å²) in [7, 11) is 0. The van der Waals surface area contributed by atoms with E-state index in [2.05, 4.69) is 10.6 Å². The van der Waals surface area contributed by atoms with Crippen LogP contribution in [-0.2, 0) is 5.60 Å². The highest BCUT2D eigenvalue weighted by Crippen LogP contribution is 2.24. The van der Waals surface area contributed by atoms with Gasteiger partial charge in [-0.3, -0.25) is 10.1 Å². The number of aryl methyl sites for hydroxylation is 1. The smallest absolute Gasteiger partial charge is 0.319 e. The van der Waals surface area contributed by atoms with Crippen molar-refractivity contribution in [3.63, 3.8) is 0 Å². The Morgan fingerprint density at radius 3 is 2.74 bits per heavy atom. The monoisotopic (exact) mass is 335 g/mol. The van der Waals surface area contributed by atoms with Crippen LogP contribution in [0.5, 0.6) is 0 Å². The van der Waals surface area contributed by atoms with Crippen molar-refractivity contribution >= 4 is 28.7 Å². The van der Waals surface area contributed by atoms with Crippen LogP contribution in [0.4, 0.5) is 16.2 Å². The number of nitrogens with one attached hydrogen (secondary N) is 2. The van der Waals surface area contributed by atoms with E-state index in [-0.39, 0.29) is 12.2 Å². The molecule has 2 amide bonds. The van der Waals surface area contributed by atoms with Gasteiger partial charge in [-0.2, -0.15) is 0 Å². The minimum absolute atomic E-state index is 0.00316. The largest absolute Gasteiger partial charge is 0.383 e. The maximum absolute atomic E-state index is 11.9. The van der Waals surface area contributed by atoms with Crippen LogP contribution in [0.25, 0.3) is 0 Å². The first-order valence-electron chi connectivity index (χ1n) is 6.86. The van der Waals surface area contributed by atoms with Gasteiger partial charge in [-0.15, -0.1) is 11.3 Å². The molecule has 0 bridgehead atoms. The van der Waals surface area contributed by atoms with Crippen LogP contribution in [0.15, 0.2) is 35.7 Å². The third kappa shape index (κ3) is 4.27. The minimum Gasteiger partial charge on any atom is -0.383 e. The Balaban J connectivity index is 1.95. The molecular formula is C15H17N3O4S. The summed E-state index contributed by atoms with van der Waals surface area (Å²) in [5, 5.41) is 28.1. The normalized spacial score (nSPS) is 13.2. The molecule has 0 saturated heterocycles. The van der Waals surface area contributed by atoms with Crippen molar-refractivity contribution in [2.45, 2.75) is 19.4 Å². The number of thiophene rings is 1. The van der Waals surface area contributed by atoms with Gasteiger partial charge in [0.25, 0.3) is 5.69 Å². The van der Waals surface area contributed by atoms with Crippen LogP contribution in [0.1, 0.15) is 17.4 Å². The number of rotatable bonds is 5. The summed E-state index contributed by atoms with van der Waals surface area (Å²) >= 11 is 1.41. The van der Waals surface area contributed by atoms with Crippen molar-refractivity contribution in [3.05, 3.63) is 56.3 Å². The van der Waals surface area contributed by atoms with Gasteiger partial charge in [-0.25, -0.2) is 4.79 Å². The Labute approximate surface area is 137 Å². The Hall–Kier alpha value is -2.45. The van der Waals surface area contributed by atoms with Crippen LogP contribution < -0.4 is 10.6 Å². The first-order valence-corrected chi connectivity index (χ1v) is 7.74. The van der Waals surface area contributed by atoms with Gasteiger partial charge in [0.15, 0.2) is 0 Å². The van der Waals surface area contributed by atoms with Crippen LogP contribution in [-0.4, -0.2) is 22.6 Å². The first-order chi connectivity index (χ1) is 10.8. The van der Waals surface area contributed by atoms with Gasteiger partial charge in [-0.1, -0.05) is 6.07 Å². The summed E-state index contributed by atoms with van der Waals surface area (Å²) in [5.41, 5.74) is -0.256. The average Bonchev–Trinajstić information content (AvgIpc) is 3.00. The van der Waals surface area contributed by atoms with E-state index in [1.807, 2.05) is 11.4 Å². The van der Waals surface area contributed by atoms with Gasteiger partial charge in [0.1, 0.15) is 5.60 Å². The number of urea groups is 1. The second kappa shape index (κ2) is 6.76. The summed E-state index contributed by atoms with van der Waals surface area (Å²) in [6.45, 7) is 3.27. The van der Waals surface area contributed by atoms with E-state index in [9.17, 15) is 20.0 Å². The fraction of sp³-hybridized carbons (Fsp3) is 0.267. The number of nitro benzene ring substituents is 1. The van der Waals surface area contributed by atoms with Crippen molar-refractivity contribution in [1.82, 2.24) is 5.32 Å². The molecule has 8 heteroatoms. The lowest BCUT2D eigenvalue weighted by Gasteiger charge is -2.22. The molecule has 1 atom stereocenters. The zero-order valence-electron chi connectivity index (χ0n) is 12.7. The first kappa shape index (κ1) is 16.9. The van der Waals surface area contributed by atoms with Gasteiger partial charge >= 0.3 is 6.03 Å². The number of carbonyl (C=O) groups excluding carboxylic acids is 1. The second-order valence-electron chi connectivity index (χ2n) is 5.32. The highest BCUT2D eigenvalue weighted by Gasteiger charge is 2.24. The molecule has 0 fully saturated rings. The lowest BCUT2D eigenvalue weighted by Crippen LogP contribution is -2.40. The molecule has 1 aromatic carbocycles. The summed E-state index contributed by atoms with van der Waals surface area (Å²) in [4.78, 5) is 22.9. The summed E-state index contributed by atoms with van der Waals surface area (Å²) in [5.74, 6) is 0. The van der Waals surface area contributed by atoms with Crippen LogP contribution in [0.3, 0.4) is 0 Å². The van der Waals surface area contributed by atoms with Crippen molar-refractivity contribution in [2.75, 3.05) is 11.9 Å². The van der Waals surface area contributed by atoms with Crippen LogP contribution in [0.2, 0.25) is 0 Å². The lowest BCUT2D eigenvalue weighted by atomic mass is 10.1. The molecule has 23 heavy (non-hydrogen) atoms. The number of benzene rings is 1. The molecule has 0 aliphatic heterocycles. The van der Waals surface area contributed by atoms with Gasteiger partial charge in [0, 0.05) is 22.2 Å². The summed E-state index contributed by atoms with van der Waals surface area (Å²) in [6.07, 6.45) is 0. The molecule has 0 radical (unpaired) electrons. The van der Waals surface area contributed by atoms with E-state index in [1.165, 1.54) is 29.5 Å². The number of anilines is 1. The van der Waals surface area contributed by atoms with Crippen LogP contribution in [0, 0.1) is 17.0 Å². The van der Waals surface area contributed by atoms with Crippen LogP contribution >= 0.6 is 11.3 Å². The number of hydrogen-bond donors (Lipinski definition) is 3. The molecule has 0 unspecified atom stereocenters. The number of nitro groups is 1. The molecule has 7 nitrogen and oxygen atoms in total. The Morgan fingerprint density at radius 1 is 1.43 bits per heavy atom. The zero-order chi connectivity index (χ0) is 17.0. The Kier molecular flexibility index (Phi) is 4.97. The van der Waals surface area contributed by atoms with E-state index < -0.39 is 16.6 Å². The molecule has 1 heterocycles.